The molecule has 3 fully saturated rings. The van der Waals surface area contributed by atoms with Gasteiger partial charge in [-0.15, -0.1) is 0 Å². The largest absolute Gasteiger partial charge is 0.461 e. The Morgan fingerprint density at radius 2 is 1.75 bits per heavy atom. The van der Waals surface area contributed by atoms with Crippen molar-refractivity contribution in [3.05, 3.63) is 59.3 Å². The number of rotatable bonds is 10. The molecule has 1 heterocycles. The minimum Gasteiger partial charge on any atom is -0.461 e. The normalized spacial score (nSPS) is 35.1. The molecule has 0 spiro atoms. The molecule has 240 valence electrons. The average Bonchev–Trinajstić information content (AvgIpc) is 3.39. The molecular formula is C35H50N4O4S. The highest BCUT2D eigenvalue weighted by atomic mass is 32.2. The third-order valence-electron chi connectivity index (χ3n) is 11.7. The maximum Gasteiger partial charge on any atom is 0.316 e. The number of nitrogens with two attached hydrogens (primary N) is 2. The topological polar surface area (TPSA) is 141 Å². The second-order valence-corrected chi connectivity index (χ2v) is 15.1. The van der Waals surface area contributed by atoms with Crippen LogP contribution < -0.4 is 16.8 Å². The van der Waals surface area contributed by atoms with Crippen LogP contribution in [0, 0.1) is 34.0 Å². The van der Waals surface area contributed by atoms with E-state index in [1.807, 2.05) is 24.3 Å². The van der Waals surface area contributed by atoms with Crippen LogP contribution in [0.2, 0.25) is 0 Å². The summed E-state index contributed by atoms with van der Waals surface area (Å²) in [6, 6.07) is 12.0. The van der Waals surface area contributed by atoms with Gasteiger partial charge in [-0.2, -0.15) is 0 Å². The first-order chi connectivity index (χ1) is 21.0. The molecule has 0 radical (unpaired) electrons. The lowest BCUT2D eigenvalue weighted by Crippen LogP contribution is -2.64. The van der Waals surface area contributed by atoms with Crippen molar-refractivity contribution >= 4 is 23.5 Å². The Kier molecular flexibility index (Phi) is 9.93. The predicted molar refractivity (Wildman–Crippen MR) is 173 cm³/mol. The zero-order chi connectivity index (χ0) is 31.7. The Hall–Kier alpha value is -2.30. The summed E-state index contributed by atoms with van der Waals surface area (Å²) in [6.07, 6.45) is 4.20. The maximum absolute atomic E-state index is 13.8. The molecular weight excluding hydrogens is 572 g/mol. The number of ether oxygens (including phenoxy) is 1. The van der Waals surface area contributed by atoms with Gasteiger partial charge in [-0.25, -0.2) is 4.98 Å². The number of esters is 1. The van der Waals surface area contributed by atoms with E-state index in [-0.39, 0.29) is 40.7 Å². The standard InChI is InChI=1S/C35H50N4O4S/c1-22-11-13-35-14-12-27(40)31(35)34(22,4)28(43-30(41)20-44-29-10-9-26(17-37)19-39-29)15-33(3,32(42)23(35)2)21-38-18-25-7-5-24(16-36)6-8-25/h5-10,19,22-23,28,31-32,38,42H,11-18,20-21,36-37H2,1-4H3/t22-,23+,28-,31+,32+,33-,34+,35+/m1/s1. The molecule has 3 aliphatic rings. The molecule has 0 unspecified atom stereocenters. The highest BCUT2D eigenvalue weighted by Gasteiger charge is 2.68. The second kappa shape index (κ2) is 13.2. The molecule has 1 aromatic heterocycles. The lowest BCUT2D eigenvalue weighted by molar-refractivity contribution is -0.210. The van der Waals surface area contributed by atoms with E-state index in [0.29, 0.717) is 39.0 Å². The van der Waals surface area contributed by atoms with Gasteiger partial charge in [0.15, 0.2) is 0 Å². The zero-order valence-corrected chi connectivity index (χ0v) is 27.5. The monoisotopic (exact) mass is 622 g/mol. The number of Topliss-reactive ketones (excluding diaryl/α,β-unsaturated/α-hetero) is 1. The van der Waals surface area contributed by atoms with E-state index in [9.17, 15) is 14.7 Å². The molecule has 2 bridgehead atoms. The number of pyridine rings is 1. The van der Waals surface area contributed by atoms with E-state index in [1.165, 1.54) is 11.8 Å². The van der Waals surface area contributed by atoms with Gasteiger partial charge in [0.25, 0.3) is 0 Å². The molecule has 6 N–H and O–H groups in total. The quantitative estimate of drug-likeness (QED) is 0.221. The number of carbonyl (C=O) groups is 2. The summed E-state index contributed by atoms with van der Waals surface area (Å²) in [5.74, 6) is -0.0428. The Bertz CT molecular complexity index is 1320. The lowest BCUT2D eigenvalue weighted by atomic mass is 9.44. The van der Waals surface area contributed by atoms with Crippen molar-refractivity contribution in [3.63, 3.8) is 0 Å². The summed E-state index contributed by atoms with van der Waals surface area (Å²) in [5, 5.41) is 16.5. The van der Waals surface area contributed by atoms with Crippen LogP contribution in [0.4, 0.5) is 0 Å². The summed E-state index contributed by atoms with van der Waals surface area (Å²) in [6.45, 7) is 10.8. The Morgan fingerprint density at radius 1 is 1.07 bits per heavy atom. The molecule has 3 aliphatic carbocycles. The van der Waals surface area contributed by atoms with Crippen LogP contribution in [0.5, 0.6) is 0 Å². The highest BCUT2D eigenvalue weighted by Crippen LogP contribution is 2.67. The fourth-order valence-electron chi connectivity index (χ4n) is 8.76. The number of hydrogen-bond donors (Lipinski definition) is 4. The van der Waals surface area contributed by atoms with Crippen LogP contribution in [0.1, 0.15) is 76.5 Å². The molecule has 9 heteroatoms. The first-order valence-electron chi connectivity index (χ1n) is 16.1. The predicted octanol–water partition coefficient (Wildman–Crippen LogP) is 4.60. The van der Waals surface area contributed by atoms with Crippen LogP contribution in [-0.4, -0.2) is 46.3 Å². The van der Waals surface area contributed by atoms with E-state index in [0.717, 1.165) is 41.0 Å². The number of nitrogens with one attached hydrogen (secondary N) is 1. The van der Waals surface area contributed by atoms with Gasteiger partial charge >= 0.3 is 5.97 Å². The van der Waals surface area contributed by atoms with Crippen LogP contribution in [0.25, 0.3) is 0 Å². The first-order valence-corrected chi connectivity index (χ1v) is 17.1. The molecule has 44 heavy (non-hydrogen) atoms. The summed E-state index contributed by atoms with van der Waals surface area (Å²) < 4.78 is 6.46. The minimum absolute atomic E-state index is 0.0591. The zero-order valence-electron chi connectivity index (χ0n) is 26.7. The first kappa shape index (κ1) is 33.1. The highest BCUT2D eigenvalue weighted by molar-refractivity contribution is 7.99. The van der Waals surface area contributed by atoms with E-state index in [2.05, 4.69) is 50.1 Å². The maximum atomic E-state index is 13.8. The van der Waals surface area contributed by atoms with Gasteiger partial charge in [-0.1, -0.05) is 69.8 Å². The number of aromatic nitrogens is 1. The van der Waals surface area contributed by atoms with E-state index in [1.54, 1.807) is 6.20 Å². The van der Waals surface area contributed by atoms with E-state index >= 15 is 0 Å². The van der Waals surface area contributed by atoms with Gasteiger partial charge in [-0.05, 0) is 65.7 Å². The summed E-state index contributed by atoms with van der Waals surface area (Å²) in [4.78, 5) is 31.7. The number of carbonyl (C=O) groups excluding carboxylic acids is 2. The van der Waals surface area contributed by atoms with Gasteiger partial charge < -0.3 is 26.6 Å². The minimum atomic E-state index is -0.665. The number of aliphatic hydroxyl groups is 1. The molecule has 8 nitrogen and oxygen atoms in total. The smallest absolute Gasteiger partial charge is 0.316 e. The number of aliphatic hydroxyl groups excluding tert-OH is 1. The Balaban J connectivity index is 1.42. The van der Waals surface area contributed by atoms with Crippen molar-refractivity contribution in [2.45, 2.75) is 96.7 Å². The summed E-state index contributed by atoms with van der Waals surface area (Å²) >= 11 is 1.34. The number of benzene rings is 1. The number of ketones is 1. The van der Waals surface area contributed by atoms with Gasteiger partial charge in [0.2, 0.25) is 0 Å². The van der Waals surface area contributed by atoms with E-state index < -0.39 is 23.0 Å². The van der Waals surface area contributed by atoms with Crippen molar-refractivity contribution in [2.75, 3.05) is 12.3 Å². The molecule has 3 saturated carbocycles. The van der Waals surface area contributed by atoms with Gasteiger partial charge in [0.05, 0.1) is 16.9 Å². The summed E-state index contributed by atoms with van der Waals surface area (Å²) in [5.41, 5.74) is 13.2. The molecule has 8 atom stereocenters. The lowest BCUT2D eigenvalue weighted by Gasteiger charge is -2.62. The third kappa shape index (κ3) is 6.10. The van der Waals surface area contributed by atoms with E-state index in [4.69, 9.17) is 16.2 Å². The molecule has 2 aromatic rings. The third-order valence-corrected chi connectivity index (χ3v) is 12.6. The average molecular weight is 623 g/mol. The molecule has 1 aromatic carbocycles. The van der Waals surface area contributed by atoms with Gasteiger partial charge in [0.1, 0.15) is 11.9 Å². The van der Waals surface area contributed by atoms with Crippen molar-refractivity contribution < 1.29 is 19.4 Å². The Morgan fingerprint density at radius 3 is 2.41 bits per heavy atom. The number of thioether (sulfide) groups is 1. The molecule has 5 rings (SSSR count). The van der Waals surface area contributed by atoms with Crippen LogP contribution in [-0.2, 0) is 34.0 Å². The fraction of sp³-hybridized carbons (Fsp3) is 0.629. The van der Waals surface area contributed by atoms with Crippen molar-refractivity contribution in [1.82, 2.24) is 10.3 Å². The Labute approximate surface area is 266 Å². The van der Waals surface area contributed by atoms with Gasteiger partial charge in [0, 0.05) is 55.5 Å². The summed E-state index contributed by atoms with van der Waals surface area (Å²) in [7, 11) is 0. The SMILES string of the molecule is C[C@@H]1CC[C@@]23CCC(=O)[C@H]2[C@]1(C)[C@H](OC(=O)CSc1ccc(CN)cn1)C[C@](C)(CNCc1ccc(CN)cc1)[C@@H](O)[C@@H]3C. The number of nitrogens with zero attached hydrogens (tertiary/aromatic N) is 1. The van der Waals surface area contributed by atoms with Gasteiger partial charge in [-0.3, -0.25) is 9.59 Å². The molecule has 0 saturated heterocycles. The van der Waals surface area contributed by atoms with Crippen molar-refractivity contribution in [2.24, 2.45) is 45.5 Å². The van der Waals surface area contributed by atoms with Crippen LogP contribution in [0.3, 0.4) is 0 Å². The molecule has 0 amide bonds. The molecule has 0 aliphatic heterocycles. The van der Waals surface area contributed by atoms with Crippen LogP contribution >= 0.6 is 11.8 Å². The fourth-order valence-corrected chi connectivity index (χ4v) is 9.38. The van der Waals surface area contributed by atoms with Crippen molar-refractivity contribution in [1.29, 1.82) is 0 Å². The van der Waals surface area contributed by atoms with Crippen molar-refractivity contribution in [3.8, 4) is 0 Å². The number of hydrogen-bond acceptors (Lipinski definition) is 9. The second-order valence-electron chi connectivity index (χ2n) is 14.1. The van der Waals surface area contributed by atoms with Crippen LogP contribution in [0.15, 0.2) is 47.6 Å².